The van der Waals surface area contributed by atoms with Crippen molar-refractivity contribution >= 4 is 41.6 Å². The van der Waals surface area contributed by atoms with Crippen LogP contribution in [0.3, 0.4) is 0 Å². The molecule has 0 radical (unpaired) electrons. The van der Waals surface area contributed by atoms with Gasteiger partial charge in [-0.15, -0.1) is 0 Å². The molecule has 1 aromatic rings. The summed E-state index contributed by atoms with van der Waals surface area (Å²) in [5.41, 5.74) is 7.15. The van der Waals surface area contributed by atoms with E-state index in [1.54, 1.807) is 12.1 Å². The Morgan fingerprint density at radius 1 is 0.703 bits per heavy atom. The standard InChI is InChI=1S/C12H18N4O.5C2H4O2/c13-5-6-14-7-8-15-9-11-1-3-12(4-2-11)16-10-17;5*1-2(3)4/h1-4,14-15H,5-9,13H2;5*1H3,(H,3,4). The molecule has 37 heavy (non-hydrogen) atoms. The van der Waals surface area contributed by atoms with Crippen LogP contribution in [0.25, 0.3) is 0 Å². The average Bonchev–Trinajstić information content (AvgIpc) is 2.70. The Morgan fingerprint density at radius 3 is 1.32 bits per heavy atom. The fourth-order valence-corrected chi connectivity index (χ4v) is 1.38. The molecule has 0 aromatic heterocycles. The van der Waals surface area contributed by atoms with Crippen molar-refractivity contribution in [2.45, 2.75) is 41.2 Å². The summed E-state index contributed by atoms with van der Waals surface area (Å²) in [6, 6.07) is 7.48. The Labute approximate surface area is 215 Å². The van der Waals surface area contributed by atoms with Gasteiger partial charge in [-0.1, -0.05) is 12.1 Å². The van der Waals surface area contributed by atoms with Gasteiger partial charge in [0, 0.05) is 67.3 Å². The number of aliphatic imine (C=N–C) groups is 1. The molecule has 0 aliphatic carbocycles. The van der Waals surface area contributed by atoms with Gasteiger partial charge >= 0.3 is 0 Å². The van der Waals surface area contributed by atoms with E-state index in [0.29, 0.717) is 12.2 Å². The van der Waals surface area contributed by atoms with Crippen LogP contribution in [0.1, 0.15) is 40.2 Å². The zero-order chi connectivity index (χ0) is 30.2. The molecule has 0 amide bonds. The Kier molecular flexibility index (Phi) is 39.5. The van der Waals surface area contributed by atoms with Gasteiger partial charge in [-0.3, -0.25) is 24.0 Å². The lowest BCUT2D eigenvalue weighted by Crippen LogP contribution is -2.30. The molecule has 0 spiro atoms. The van der Waals surface area contributed by atoms with E-state index in [1.165, 1.54) is 6.08 Å². The molecule has 0 fully saturated rings. The Bertz CT molecular complexity index is 705. The van der Waals surface area contributed by atoms with Crippen LogP contribution in [0, 0.1) is 0 Å². The molecule has 15 heteroatoms. The van der Waals surface area contributed by atoms with Gasteiger partial charge in [-0.2, -0.15) is 4.99 Å². The number of nitrogens with one attached hydrogen (secondary N) is 2. The number of rotatable bonds is 8. The molecular formula is C22H38N4O11. The summed E-state index contributed by atoms with van der Waals surface area (Å²) < 4.78 is 0. The van der Waals surface area contributed by atoms with E-state index in [-0.39, 0.29) is 0 Å². The van der Waals surface area contributed by atoms with Gasteiger partial charge in [-0.25, -0.2) is 4.79 Å². The van der Waals surface area contributed by atoms with Crippen LogP contribution in [0.2, 0.25) is 0 Å². The van der Waals surface area contributed by atoms with Crippen LogP contribution in [0.15, 0.2) is 29.3 Å². The number of nitrogens with two attached hydrogens (primary N) is 1. The maximum Gasteiger partial charge on any atom is 0.300 e. The lowest BCUT2D eigenvalue weighted by atomic mass is 10.2. The second-order valence-electron chi connectivity index (χ2n) is 6.18. The molecule has 0 aliphatic heterocycles. The summed E-state index contributed by atoms with van der Waals surface area (Å²) in [6.45, 7) is 9.53. The fraction of sp³-hybridized carbons (Fsp3) is 0.455. The van der Waals surface area contributed by atoms with Gasteiger partial charge in [0.2, 0.25) is 6.08 Å². The number of hydrogen-bond acceptors (Lipinski definition) is 10. The van der Waals surface area contributed by atoms with Gasteiger partial charge in [0.1, 0.15) is 0 Å². The van der Waals surface area contributed by atoms with E-state index in [4.69, 9.17) is 55.2 Å². The van der Waals surface area contributed by atoms with E-state index in [9.17, 15) is 4.79 Å². The van der Waals surface area contributed by atoms with Gasteiger partial charge in [0.25, 0.3) is 29.8 Å². The molecule has 1 aromatic carbocycles. The van der Waals surface area contributed by atoms with Crippen molar-refractivity contribution in [1.82, 2.24) is 10.6 Å². The van der Waals surface area contributed by atoms with Crippen molar-refractivity contribution in [1.29, 1.82) is 0 Å². The monoisotopic (exact) mass is 534 g/mol. The highest BCUT2D eigenvalue weighted by molar-refractivity contribution is 5.63. The summed E-state index contributed by atoms with van der Waals surface area (Å²) in [4.78, 5) is 58.6. The maximum absolute atomic E-state index is 10.0. The fourth-order valence-electron chi connectivity index (χ4n) is 1.38. The van der Waals surface area contributed by atoms with E-state index in [2.05, 4.69) is 15.6 Å². The molecule has 9 N–H and O–H groups in total. The summed E-state index contributed by atoms with van der Waals surface area (Å²) in [6.07, 6.45) is 1.52. The number of hydrogen-bond donors (Lipinski definition) is 8. The molecule has 212 valence electrons. The number of carboxylic acids is 5. The number of benzene rings is 1. The Balaban J connectivity index is -0.000000139. The summed E-state index contributed by atoms with van der Waals surface area (Å²) in [5, 5.41) is 43.6. The number of carboxylic acid groups (broad SMARTS) is 5. The molecule has 0 unspecified atom stereocenters. The zero-order valence-corrected chi connectivity index (χ0v) is 21.6. The summed E-state index contributed by atoms with van der Waals surface area (Å²) in [7, 11) is 0. The molecular weight excluding hydrogens is 496 g/mol. The average molecular weight is 535 g/mol. The SMILES string of the molecule is CC(=O)O.CC(=O)O.CC(=O)O.CC(=O)O.CC(=O)O.NCCNCCNCc1ccc(N=C=O)cc1. The number of carbonyl (C=O) groups is 5. The quantitative estimate of drug-likeness (QED) is 0.130. The number of aliphatic carboxylic acids is 5. The predicted molar refractivity (Wildman–Crippen MR) is 134 cm³/mol. The second kappa shape index (κ2) is 34.0. The Hall–Kier alpha value is -4.17. The minimum absolute atomic E-state index is 0.633. The first-order valence-corrected chi connectivity index (χ1v) is 10.3. The van der Waals surface area contributed by atoms with Crippen molar-refractivity contribution in [3.8, 4) is 0 Å². The van der Waals surface area contributed by atoms with Crippen LogP contribution in [-0.4, -0.2) is 87.6 Å². The van der Waals surface area contributed by atoms with E-state index < -0.39 is 29.8 Å². The molecule has 0 bridgehead atoms. The van der Waals surface area contributed by atoms with E-state index >= 15 is 0 Å². The first kappa shape index (κ1) is 42.9. The molecule has 1 rings (SSSR count). The lowest BCUT2D eigenvalue weighted by Gasteiger charge is -2.05. The zero-order valence-electron chi connectivity index (χ0n) is 21.6. The first-order chi connectivity index (χ1) is 17.0. The second-order valence-corrected chi connectivity index (χ2v) is 6.18. The molecule has 15 nitrogen and oxygen atoms in total. The van der Waals surface area contributed by atoms with Gasteiger partial charge in [0.15, 0.2) is 0 Å². The third-order valence-corrected chi connectivity index (χ3v) is 2.24. The highest BCUT2D eigenvalue weighted by Gasteiger charge is 1.93. The number of nitrogens with zero attached hydrogens (tertiary/aromatic N) is 1. The highest BCUT2D eigenvalue weighted by Crippen LogP contribution is 2.11. The van der Waals surface area contributed by atoms with E-state index in [0.717, 1.165) is 66.4 Å². The molecule has 0 aliphatic rings. The van der Waals surface area contributed by atoms with Crippen molar-refractivity contribution in [3.63, 3.8) is 0 Å². The van der Waals surface area contributed by atoms with Crippen LogP contribution >= 0.6 is 0 Å². The van der Waals surface area contributed by atoms with Crippen molar-refractivity contribution in [2.75, 3.05) is 26.2 Å². The lowest BCUT2D eigenvalue weighted by molar-refractivity contribution is -0.135. The molecule has 0 saturated carbocycles. The smallest absolute Gasteiger partial charge is 0.300 e. The van der Waals surface area contributed by atoms with Crippen LogP contribution in [-0.2, 0) is 35.3 Å². The van der Waals surface area contributed by atoms with Crippen LogP contribution < -0.4 is 16.4 Å². The number of carbonyl (C=O) groups excluding carboxylic acids is 1. The molecule has 0 atom stereocenters. The van der Waals surface area contributed by atoms with Crippen LogP contribution in [0.4, 0.5) is 5.69 Å². The minimum Gasteiger partial charge on any atom is -0.481 e. The van der Waals surface area contributed by atoms with Crippen LogP contribution in [0.5, 0.6) is 0 Å². The maximum atomic E-state index is 10.0. The topological polar surface area (TPSA) is 266 Å². The largest absolute Gasteiger partial charge is 0.481 e. The summed E-state index contributed by atoms with van der Waals surface area (Å²) in [5.74, 6) is -4.17. The Morgan fingerprint density at radius 2 is 1.03 bits per heavy atom. The van der Waals surface area contributed by atoms with Crippen molar-refractivity contribution < 1.29 is 54.3 Å². The third-order valence-electron chi connectivity index (χ3n) is 2.24. The molecule has 0 heterocycles. The van der Waals surface area contributed by atoms with Gasteiger partial charge in [0.05, 0.1) is 5.69 Å². The highest BCUT2D eigenvalue weighted by atomic mass is 16.4. The van der Waals surface area contributed by atoms with Gasteiger partial charge in [-0.05, 0) is 17.7 Å². The normalized spacial score (nSPS) is 7.95. The number of isocyanates is 1. The third kappa shape index (κ3) is 100.0. The van der Waals surface area contributed by atoms with Gasteiger partial charge < -0.3 is 41.9 Å². The van der Waals surface area contributed by atoms with E-state index in [1.807, 2.05) is 12.1 Å². The molecule has 0 saturated heterocycles. The summed E-state index contributed by atoms with van der Waals surface area (Å²) >= 11 is 0. The van der Waals surface area contributed by atoms with Crippen molar-refractivity contribution in [3.05, 3.63) is 29.8 Å². The van der Waals surface area contributed by atoms with Crippen molar-refractivity contribution in [2.24, 2.45) is 10.7 Å². The predicted octanol–water partition coefficient (Wildman–Crippen LogP) is 0.746. The minimum atomic E-state index is -0.833. The first-order valence-electron chi connectivity index (χ1n) is 10.3.